The van der Waals surface area contributed by atoms with Gasteiger partial charge in [0, 0.05) is 54.2 Å². The molecule has 0 atom stereocenters. The number of nitrogens with zero attached hydrogens (tertiary/aromatic N) is 4. The van der Waals surface area contributed by atoms with Crippen molar-refractivity contribution >= 4 is 87.5 Å². The lowest BCUT2D eigenvalue weighted by atomic mass is 9.92. The second kappa shape index (κ2) is 11.5. The van der Waals surface area contributed by atoms with Crippen LogP contribution in [0.4, 0.5) is 0 Å². The van der Waals surface area contributed by atoms with Gasteiger partial charge in [-0.15, -0.1) is 0 Å². The van der Waals surface area contributed by atoms with Gasteiger partial charge in [0.25, 0.3) is 0 Å². The number of nitriles is 2. The van der Waals surface area contributed by atoms with Crippen LogP contribution < -0.4 is 0 Å². The van der Waals surface area contributed by atoms with Gasteiger partial charge >= 0.3 is 0 Å². The maximum Gasteiger partial charge on any atom is 0.160 e. The molecule has 12 rings (SSSR count). The summed E-state index contributed by atoms with van der Waals surface area (Å²) in [6, 6.07) is 56.5. The Hall–Kier alpha value is -8.06. The molecule has 6 heteroatoms. The number of hydrogen-bond acceptors (Lipinski definition) is 4. The van der Waals surface area contributed by atoms with Gasteiger partial charge in [-0.25, -0.2) is 0 Å². The summed E-state index contributed by atoms with van der Waals surface area (Å²) in [4.78, 5) is 0. The van der Waals surface area contributed by atoms with E-state index in [1.54, 1.807) is 0 Å². The first-order chi connectivity index (χ1) is 28.1. The van der Waals surface area contributed by atoms with Gasteiger partial charge in [-0.1, -0.05) is 97.1 Å². The summed E-state index contributed by atoms with van der Waals surface area (Å²) in [7, 11) is 0. The van der Waals surface area contributed by atoms with Gasteiger partial charge in [0.05, 0.1) is 50.6 Å². The lowest BCUT2D eigenvalue weighted by molar-refractivity contribution is 0.670. The second-order valence-corrected chi connectivity index (χ2v) is 14.7. The van der Waals surface area contributed by atoms with Crippen LogP contribution in [-0.4, -0.2) is 9.13 Å². The van der Waals surface area contributed by atoms with E-state index >= 15 is 0 Å². The van der Waals surface area contributed by atoms with Gasteiger partial charge < -0.3 is 18.0 Å². The Labute approximate surface area is 324 Å². The monoisotopic (exact) mass is 728 g/mol. The molecule has 0 fully saturated rings. The average molecular weight is 729 g/mol. The molecule has 264 valence electrons. The van der Waals surface area contributed by atoms with Crippen LogP contribution >= 0.6 is 0 Å². The molecular weight excluding hydrogens is 701 g/mol. The van der Waals surface area contributed by atoms with Crippen molar-refractivity contribution in [2.45, 2.75) is 6.92 Å². The van der Waals surface area contributed by atoms with E-state index < -0.39 is 0 Å². The Kier molecular flexibility index (Phi) is 6.30. The summed E-state index contributed by atoms with van der Waals surface area (Å²) >= 11 is 0. The first kappa shape index (κ1) is 31.3. The summed E-state index contributed by atoms with van der Waals surface area (Å²) in [6.45, 7) is 2.04. The average Bonchev–Trinajstić information content (AvgIpc) is 4.01. The Morgan fingerprint density at radius 3 is 1.49 bits per heavy atom. The van der Waals surface area contributed by atoms with Gasteiger partial charge in [0.15, 0.2) is 11.2 Å². The van der Waals surface area contributed by atoms with Crippen LogP contribution in [0, 0.1) is 29.6 Å². The molecule has 6 nitrogen and oxygen atoms in total. The van der Waals surface area contributed by atoms with Crippen molar-refractivity contribution in [3.05, 3.63) is 168 Å². The summed E-state index contributed by atoms with van der Waals surface area (Å²) in [6.07, 6.45) is 0. The number of aromatic nitrogens is 2. The van der Waals surface area contributed by atoms with Gasteiger partial charge in [-0.05, 0) is 67.1 Å². The molecule has 0 aliphatic heterocycles. The fraction of sp³-hybridized carbons (Fsp3) is 0.0196. The molecular formula is C51H28N4O2. The predicted octanol–water partition coefficient (Wildman–Crippen LogP) is 13.4. The number of benzene rings is 8. The Morgan fingerprint density at radius 1 is 0.439 bits per heavy atom. The van der Waals surface area contributed by atoms with Crippen LogP contribution in [0.15, 0.2) is 160 Å². The SMILES string of the molecule is Cc1cccc(C#N)c1-c1cc(-n2c3ccccc3c3ccc4c5ccccc5oc4c32)c(C#N)cc1-n1c2ccccc2c2ccc3c4ccccc4oc3c21. The van der Waals surface area contributed by atoms with Crippen LogP contribution in [0.3, 0.4) is 0 Å². The number of hydrogen-bond donors (Lipinski definition) is 0. The highest BCUT2D eigenvalue weighted by Gasteiger charge is 2.26. The Bertz CT molecular complexity index is 3800. The van der Waals surface area contributed by atoms with E-state index in [-0.39, 0.29) is 0 Å². The Balaban J connectivity index is 1.29. The van der Waals surface area contributed by atoms with Gasteiger partial charge in [-0.3, -0.25) is 0 Å². The maximum atomic E-state index is 11.3. The Morgan fingerprint density at radius 2 is 0.930 bits per heavy atom. The van der Waals surface area contributed by atoms with Gasteiger partial charge in [0.2, 0.25) is 0 Å². The highest BCUT2D eigenvalue weighted by molar-refractivity contribution is 6.23. The van der Waals surface area contributed by atoms with E-state index in [1.807, 2.05) is 85.8 Å². The van der Waals surface area contributed by atoms with Crippen molar-refractivity contribution < 1.29 is 8.83 Å². The quantitative estimate of drug-likeness (QED) is 0.181. The van der Waals surface area contributed by atoms with Crippen LogP contribution in [0.5, 0.6) is 0 Å². The third kappa shape index (κ3) is 4.16. The van der Waals surface area contributed by atoms with E-state index in [4.69, 9.17) is 8.83 Å². The van der Waals surface area contributed by atoms with Crippen LogP contribution in [-0.2, 0) is 0 Å². The number of furan rings is 2. The highest BCUT2D eigenvalue weighted by Crippen LogP contribution is 2.46. The second-order valence-electron chi connectivity index (χ2n) is 14.7. The molecule has 0 amide bonds. The topological polar surface area (TPSA) is 83.7 Å². The zero-order valence-electron chi connectivity index (χ0n) is 30.5. The molecule has 4 aromatic heterocycles. The molecule has 8 aromatic carbocycles. The minimum Gasteiger partial charge on any atom is -0.454 e. The van der Waals surface area contributed by atoms with Crippen LogP contribution in [0.2, 0.25) is 0 Å². The van der Waals surface area contributed by atoms with Crippen molar-refractivity contribution in [2.24, 2.45) is 0 Å². The number of para-hydroxylation sites is 4. The standard InChI is InChI=1S/C51H28N4O2/c1-29-11-10-12-30(27-52)47(29)40-26-43(54-41-17-6-2-13-32(41)36-21-23-38-34-15-4-8-19-45(34)56-50(38)48(36)54)31(28-53)25-44(40)55-42-18-7-3-14-33(42)37-22-24-39-35-16-5-9-20-46(35)57-51(39)49(37)55/h2-26H,1H3. The van der Waals surface area contributed by atoms with E-state index in [0.29, 0.717) is 16.8 Å². The van der Waals surface area contributed by atoms with Crippen molar-refractivity contribution in [1.29, 1.82) is 10.5 Å². The first-order valence-corrected chi connectivity index (χ1v) is 18.9. The van der Waals surface area contributed by atoms with Crippen molar-refractivity contribution in [2.75, 3.05) is 0 Å². The lowest BCUT2D eigenvalue weighted by Gasteiger charge is -2.20. The van der Waals surface area contributed by atoms with E-state index in [1.165, 1.54) is 0 Å². The van der Waals surface area contributed by atoms with Crippen molar-refractivity contribution in [1.82, 2.24) is 9.13 Å². The smallest absolute Gasteiger partial charge is 0.160 e. The molecule has 0 saturated heterocycles. The van der Waals surface area contributed by atoms with E-state index in [0.717, 1.165) is 110 Å². The lowest BCUT2D eigenvalue weighted by Crippen LogP contribution is -2.05. The summed E-state index contributed by atoms with van der Waals surface area (Å²) in [5.74, 6) is 0. The molecule has 0 saturated carbocycles. The normalized spacial score (nSPS) is 11.9. The van der Waals surface area contributed by atoms with E-state index in [9.17, 15) is 10.5 Å². The molecule has 0 radical (unpaired) electrons. The fourth-order valence-electron chi connectivity index (χ4n) is 9.32. The minimum absolute atomic E-state index is 0.472. The summed E-state index contributed by atoms with van der Waals surface area (Å²) in [5, 5.41) is 30.2. The van der Waals surface area contributed by atoms with Crippen LogP contribution in [0.1, 0.15) is 16.7 Å². The first-order valence-electron chi connectivity index (χ1n) is 18.9. The molecule has 0 unspecified atom stereocenters. The van der Waals surface area contributed by atoms with Crippen molar-refractivity contribution in [3.8, 4) is 34.6 Å². The molecule has 4 heterocycles. The zero-order chi connectivity index (χ0) is 37.9. The number of aryl methyl sites for hydroxylation is 1. The van der Waals surface area contributed by atoms with E-state index in [2.05, 4.69) is 94.1 Å². The third-order valence-corrected chi connectivity index (χ3v) is 11.7. The summed E-state index contributed by atoms with van der Waals surface area (Å²) in [5.41, 5.74) is 11.9. The molecule has 0 bridgehead atoms. The number of fused-ring (bicyclic) bond motifs is 14. The molecule has 0 spiro atoms. The highest BCUT2D eigenvalue weighted by atomic mass is 16.3. The molecule has 57 heavy (non-hydrogen) atoms. The van der Waals surface area contributed by atoms with Gasteiger partial charge in [-0.2, -0.15) is 10.5 Å². The fourth-order valence-corrected chi connectivity index (χ4v) is 9.32. The predicted molar refractivity (Wildman–Crippen MR) is 229 cm³/mol. The number of rotatable bonds is 3. The zero-order valence-corrected chi connectivity index (χ0v) is 30.5. The minimum atomic E-state index is 0.472. The van der Waals surface area contributed by atoms with Crippen molar-refractivity contribution in [3.63, 3.8) is 0 Å². The third-order valence-electron chi connectivity index (χ3n) is 11.7. The molecule has 0 aliphatic carbocycles. The molecule has 0 aliphatic rings. The molecule has 12 aromatic rings. The summed E-state index contributed by atoms with van der Waals surface area (Å²) < 4.78 is 17.8. The van der Waals surface area contributed by atoms with Gasteiger partial charge in [0.1, 0.15) is 17.2 Å². The molecule has 0 N–H and O–H groups in total. The maximum absolute atomic E-state index is 11.3. The largest absolute Gasteiger partial charge is 0.454 e. The van der Waals surface area contributed by atoms with Crippen LogP contribution in [0.25, 0.3) is 110 Å².